The Morgan fingerprint density at radius 1 is 1.29 bits per heavy atom. The monoisotopic (exact) mass is 291 g/mol. The van der Waals surface area contributed by atoms with Crippen LogP contribution in [0.15, 0.2) is 24.3 Å². The van der Waals surface area contributed by atoms with E-state index in [1.54, 1.807) is 16.9 Å². The lowest BCUT2D eigenvalue weighted by Gasteiger charge is -2.32. The summed E-state index contributed by atoms with van der Waals surface area (Å²) in [6.07, 6.45) is 0.835. The fourth-order valence-electron chi connectivity index (χ4n) is 2.34. The highest BCUT2D eigenvalue weighted by Crippen LogP contribution is 2.16. The van der Waals surface area contributed by atoms with Crippen molar-refractivity contribution >= 4 is 12.3 Å². The van der Waals surface area contributed by atoms with Crippen molar-refractivity contribution in [3.8, 4) is 5.75 Å². The van der Waals surface area contributed by atoms with Gasteiger partial charge in [0.2, 0.25) is 12.3 Å². The first-order valence-electron chi connectivity index (χ1n) is 7.04. The molecule has 1 fully saturated rings. The summed E-state index contributed by atoms with van der Waals surface area (Å²) in [6, 6.07) is 7.73. The molecule has 0 bridgehead atoms. The first-order valence-corrected chi connectivity index (χ1v) is 7.04. The van der Waals surface area contributed by atoms with Crippen LogP contribution in [0.5, 0.6) is 5.75 Å². The molecule has 1 aromatic rings. The largest absolute Gasteiger partial charge is 0.496 e. The number of amides is 2. The molecule has 21 heavy (non-hydrogen) atoms. The molecule has 0 aromatic heterocycles. The number of piperazine rings is 1. The van der Waals surface area contributed by atoms with Crippen molar-refractivity contribution in [1.29, 1.82) is 0 Å². The van der Waals surface area contributed by atoms with Crippen LogP contribution in [0.1, 0.15) is 5.56 Å². The smallest absolute Gasteiger partial charge is 0.236 e. The molecule has 2 rings (SSSR count). The highest BCUT2D eigenvalue weighted by molar-refractivity contribution is 5.78. The molecule has 6 heteroatoms. The van der Waals surface area contributed by atoms with Crippen molar-refractivity contribution in [1.82, 2.24) is 15.1 Å². The molecular weight excluding hydrogens is 270 g/mol. The summed E-state index contributed by atoms with van der Waals surface area (Å²) in [6.45, 7) is 3.31. The van der Waals surface area contributed by atoms with Crippen LogP contribution in [-0.2, 0) is 16.1 Å². The summed E-state index contributed by atoms with van der Waals surface area (Å²) in [7, 11) is 1.64. The van der Waals surface area contributed by atoms with Gasteiger partial charge < -0.3 is 19.9 Å². The Kier molecular flexibility index (Phi) is 5.57. The number of hydrogen-bond donors (Lipinski definition) is 1. The lowest BCUT2D eigenvalue weighted by atomic mass is 10.2. The molecule has 1 N–H and O–H groups in total. The minimum atomic E-state index is 0.0652. The van der Waals surface area contributed by atoms with Gasteiger partial charge in [-0.1, -0.05) is 18.2 Å². The zero-order valence-electron chi connectivity index (χ0n) is 12.2. The van der Waals surface area contributed by atoms with Gasteiger partial charge in [0, 0.05) is 38.3 Å². The van der Waals surface area contributed by atoms with Gasteiger partial charge in [-0.25, -0.2) is 0 Å². The molecule has 0 atom stereocenters. The number of para-hydroxylation sites is 1. The van der Waals surface area contributed by atoms with E-state index in [1.165, 1.54) is 0 Å². The summed E-state index contributed by atoms with van der Waals surface area (Å²) in [5.74, 6) is 0.882. The molecule has 2 amide bonds. The van der Waals surface area contributed by atoms with Crippen LogP contribution in [0.3, 0.4) is 0 Å². The second kappa shape index (κ2) is 7.64. The fraction of sp³-hybridized carbons (Fsp3) is 0.467. The predicted octanol–water partition coefficient (Wildman–Crippen LogP) is 0.0854. The first-order chi connectivity index (χ1) is 10.2. The lowest BCUT2D eigenvalue weighted by molar-refractivity contribution is -0.134. The Morgan fingerprint density at radius 3 is 2.67 bits per heavy atom. The van der Waals surface area contributed by atoms with Crippen molar-refractivity contribution in [2.24, 2.45) is 0 Å². The second-order valence-corrected chi connectivity index (χ2v) is 4.94. The van der Waals surface area contributed by atoms with Crippen LogP contribution in [0.2, 0.25) is 0 Å². The van der Waals surface area contributed by atoms with E-state index in [0.29, 0.717) is 39.3 Å². The third-order valence-electron chi connectivity index (χ3n) is 3.60. The van der Waals surface area contributed by atoms with E-state index in [2.05, 4.69) is 5.32 Å². The third-order valence-corrected chi connectivity index (χ3v) is 3.60. The van der Waals surface area contributed by atoms with Crippen LogP contribution in [0, 0.1) is 0 Å². The summed E-state index contributed by atoms with van der Waals surface area (Å²) in [4.78, 5) is 26.2. The standard InChI is InChI=1S/C15H21N3O3/c1-21-14-5-3-2-4-13(14)10-16-11-15(20)18-8-6-17(12-19)7-9-18/h2-5,12,16H,6-11H2,1H3. The number of carbonyl (C=O) groups is 2. The predicted molar refractivity (Wildman–Crippen MR) is 78.9 cm³/mol. The first kappa shape index (κ1) is 15.3. The van der Waals surface area contributed by atoms with Gasteiger partial charge in [-0.05, 0) is 6.07 Å². The number of benzene rings is 1. The fourth-order valence-corrected chi connectivity index (χ4v) is 2.34. The topological polar surface area (TPSA) is 61.9 Å². The van der Waals surface area contributed by atoms with E-state index in [1.807, 2.05) is 24.3 Å². The molecular formula is C15H21N3O3. The van der Waals surface area contributed by atoms with Crippen molar-refractivity contribution in [3.63, 3.8) is 0 Å². The number of ether oxygens (including phenoxy) is 1. The normalized spacial score (nSPS) is 14.9. The van der Waals surface area contributed by atoms with Crippen LogP contribution in [0.25, 0.3) is 0 Å². The van der Waals surface area contributed by atoms with Gasteiger partial charge in [0.1, 0.15) is 5.75 Å². The number of carbonyl (C=O) groups excluding carboxylic acids is 2. The van der Waals surface area contributed by atoms with E-state index < -0.39 is 0 Å². The van der Waals surface area contributed by atoms with Crippen LogP contribution in [-0.4, -0.2) is 62.0 Å². The van der Waals surface area contributed by atoms with E-state index in [-0.39, 0.29) is 5.91 Å². The molecule has 0 spiro atoms. The van der Waals surface area contributed by atoms with Crippen LogP contribution in [0.4, 0.5) is 0 Å². The highest BCUT2D eigenvalue weighted by atomic mass is 16.5. The minimum Gasteiger partial charge on any atom is -0.496 e. The number of nitrogens with one attached hydrogen (secondary N) is 1. The zero-order valence-corrected chi connectivity index (χ0v) is 12.2. The van der Waals surface area contributed by atoms with Gasteiger partial charge in [-0.15, -0.1) is 0 Å². The molecule has 114 valence electrons. The zero-order chi connectivity index (χ0) is 15.1. The van der Waals surface area contributed by atoms with E-state index in [9.17, 15) is 9.59 Å². The highest BCUT2D eigenvalue weighted by Gasteiger charge is 2.19. The molecule has 0 aliphatic carbocycles. The molecule has 6 nitrogen and oxygen atoms in total. The average Bonchev–Trinajstić information content (AvgIpc) is 2.55. The number of nitrogens with zero attached hydrogens (tertiary/aromatic N) is 2. The Labute approximate surface area is 124 Å². The molecule has 1 aromatic carbocycles. The number of methoxy groups -OCH3 is 1. The van der Waals surface area contributed by atoms with Crippen molar-refractivity contribution in [2.45, 2.75) is 6.54 Å². The number of hydrogen-bond acceptors (Lipinski definition) is 4. The van der Waals surface area contributed by atoms with Crippen molar-refractivity contribution in [3.05, 3.63) is 29.8 Å². The van der Waals surface area contributed by atoms with Gasteiger partial charge in [0.15, 0.2) is 0 Å². The molecule has 0 saturated carbocycles. The quantitative estimate of drug-likeness (QED) is 0.754. The molecule has 1 heterocycles. The van der Waals surface area contributed by atoms with Crippen LogP contribution < -0.4 is 10.1 Å². The van der Waals surface area contributed by atoms with Gasteiger partial charge >= 0.3 is 0 Å². The molecule has 0 radical (unpaired) electrons. The molecule has 1 aliphatic rings. The Morgan fingerprint density at radius 2 is 2.00 bits per heavy atom. The van der Waals surface area contributed by atoms with Gasteiger partial charge in [-0.3, -0.25) is 9.59 Å². The summed E-state index contributed by atoms with van der Waals surface area (Å²) in [5, 5.41) is 3.14. The Bertz CT molecular complexity index is 485. The van der Waals surface area contributed by atoms with Gasteiger partial charge in [0.05, 0.1) is 13.7 Å². The lowest BCUT2D eigenvalue weighted by Crippen LogP contribution is -2.50. The summed E-state index contributed by atoms with van der Waals surface area (Å²) in [5.41, 5.74) is 1.03. The SMILES string of the molecule is COc1ccccc1CNCC(=O)N1CCN(C=O)CC1. The van der Waals surface area contributed by atoms with E-state index in [4.69, 9.17) is 4.74 Å². The van der Waals surface area contributed by atoms with Crippen LogP contribution >= 0.6 is 0 Å². The average molecular weight is 291 g/mol. The van der Waals surface area contributed by atoms with E-state index in [0.717, 1.165) is 17.7 Å². The summed E-state index contributed by atoms with van der Waals surface area (Å²) < 4.78 is 5.27. The van der Waals surface area contributed by atoms with Gasteiger partial charge in [-0.2, -0.15) is 0 Å². The summed E-state index contributed by atoms with van der Waals surface area (Å²) >= 11 is 0. The minimum absolute atomic E-state index is 0.0652. The third kappa shape index (κ3) is 4.19. The molecule has 0 unspecified atom stereocenters. The van der Waals surface area contributed by atoms with Crippen molar-refractivity contribution in [2.75, 3.05) is 39.8 Å². The van der Waals surface area contributed by atoms with E-state index >= 15 is 0 Å². The molecule has 1 aliphatic heterocycles. The molecule has 1 saturated heterocycles. The second-order valence-electron chi connectivity index (χ2n) is 4.94. The number of rotatable bonds is 6. The van der Waals surface area contributed by atoms with Gasteiger partial charge in [0.25, 0.3) is 0 Å². The maximum absolute atomic E-state index is 12.1. The maximum atomic E-state index is 12.1. The Hall–Kier alpha value is -2.08. The maximum Gasteiger partial charge on any atom is 0.236 e. The van der Waals surface area contributed by atoms with Crippen molar-refractivity contribution < 1.29 is 14.3 Å². The Balaban J connectivity index is 1.76.